The molecule has 1 aromatic carbocycles. The molecule has 0 saturated heterocycles. The van der Waals surface area contributed by atoms with E-state index in [1.54, 1.807) is 0 Å². The second-order valence-corrected chi connectivity index (χ2v) is 4.94. The Labute approximate surface area is 103 Å². The molecule has 1 aromatic rings. The van der Waals surface area contributed by atoms with E-state index in [-0.39, 0.29) is 11.3 Å². The van der Waals surface area contributed by atoms with Crippen LogP contribution in [0.4, 0.5) is 0 Å². The molecule has 0 saturated carbocycles. The maximum atomic E-state index is 7.45. The zero-order chi connectivity index (χ0) is 12.7. The molecule has 3 heteroatoms. The number of hydrogen-bond donors (Lipinski definition) is 2. The Balaban J connectivity index is 2.15. The van der Waals surface area contributed by atoms with Crippen molar-refractivity contribution in [2.75, 3.05) is 6.61 Å². The first-order chi connectivity index (χ1) is 8.02. The minimum Gasteiger partial charge on any atom is -0.387 e. The maximum Gasteiger partial charge on any atom is 0.0963 e. The summed E-state index contributed by atoms with van der Waals surface area (Å²) in [6, 6.07) is 10.1. The van der Waals surface area contributed by atoms with Gasteiger partial charge in [-0.2, -0.15) is 0 Å². The van der Waals surface area contributed by atoms with Crippen LogP contribution >= 0.6 is 0 Å². The lowest BCUT2D eigenvalue weighted by Crippen LogP contribution is -2.30. The van der Waals surface area contributed by atoms with E-state index < -0.39 is 0 Å². The van der Waals surface area contributed by atoms with Gasteiger partial charge in [-0.1, -0.05) is 44.2 Å². The largest absolute Gasteiger partial charge is 0.387 e. The Morgan fingerprint density at radius 2 is 1.94 bits per heavy atom. The van der Waals surface area contributed by atoms with E-state index in [1.807, 2.05) is 32.0 Å². The van der Waals surface area contributed by atoms with Gasteiger partial charge in [0.15, 0.2) is 0 Å². The standard InChI is InChI=1S/C14H22N2O/c1-14(2,13(15)16)9-6-10-17-11-12-7-4-3-5-8-12/h3-5,7-8H,6,9-11H2,1-2H3,(H3,15,16). The average Bonchev–Trinajstić information content (AvgIpc) is 2.29. The van der Waals surface area contributed by atoms with Crippen molar-refractivity contribution in [3.63, 3.8) is 0 Å². The van der Waals surface area contributed by atoms with Gasteiger partial charge in [0, 0.05) is 12.0 Å². The van der Waals surface area contributed by atoms with Gasteiger partial charge in [-0.25, -0.2) is 0 Å². The van der Waals surface area contributed by atoms with E-state index >= 15 is 0 Å². The molecule has 1 rings (SSSR count). The number of rotatable bonds is 7. The zero-order valence-corrected chi connectivity index (χ0v) is 10.7. The Kier molecular flexibility index (Phi) is 5.16. The van der Waals surface area contributed by atoms with Gasteiger partial charge in [-0.15, -0.1) is 0 Å². The number of benzene rings is 1. The summed E-state index contributed by atoms with van der Waals surface area (Å²) < 4.78 is 5.58. The summed E-state index contributed by atoms with van der Waals surface area (Å²) in [7, 11) is 0. The molecule has 0 spiro atoms. The lowest BCUT2D eigenvalue weighted by atomic mass is 9.87. The van der Waals surface area contributed by atoms with Crippen molar-refractivity contribution in [2.45, 2.75) is 33.3 Å². The molecule has 3 nitrogen and oxygen atoms in total. The molecule has 0 atom stereocenters. The predicted molar refractivity (Wildman–Crippen MR) is 71.0 cm³/mol. The smallest absolute Gasteiger partial charge is 0.0963 e. The van der Waals surface area contributed by atoms with Crippen LogP contribution in [0.1, 0.15) is 32.3 Å². The first-order valence-electron chi connectivity index (χ1n) is 5.98. The minimum absolute atomic E-state index is 0.212. The molecule has 0 fully saturated rings. The summed E-state index contributed by atoms with van der Waals surface area (Å²) in [4.78, 5) is 0. The van der Waals surface area contributed by atoms with Gasteiger partial charge >= 0.3 is 0 Å². The third-order valence-electron chi connectivity index (χ3n) is 2.93. The van der Waals surface area contributed by atoms with Crippen molar-refractivity contribution in [1.29, 1.82) is 5.41 Å². The van der Waals surface area contributed by atoms with Gasteiger partial charge in [0.25, 0.3) is 0 Å². The maximum absolute atomic E-state index is 7.45. The molecular weight excluding hydrogens is 212 g/mol. The van der Waals surface area contributed by atoms with E-state index in [0.29, 0.717) is 13.2 Å². The number of nitrogens with one attached hydrogen (secondary N) is 1. The summed E-state index contributed by atoms with van der Waals surface area (Å²) in [6.07, 6.45) is 1.82. The third-order valence-corrected chi connectivity index (χ3v) is 2.93. The number of nitrogens with two attached hydrogens (primary N) is 1. The Morgan fingerprint density at radius 3 is 2.53 bits per heavy atom. The lowest BCUT2D eigenvalue weighted by Gasteiger charge is -2.22. The fourth-order valence-electron chi connectivity index (χ4n) is 1.52. The molecule has 94 valence electrons. The van der Waals surface area contributed by atoms with E-state index in [9.17, 15) is 0 Å². The molecule has 0 aliphatic carbocycles. The Bertz CT molecular complexity index is 346. The van der Waals surface area contributed by atoms with Gasteiger partial charge in [-0.05, 0) is 18.4 Å². The summed E-state index contributed by atoms with van der Waals surface area (Å²) in [5, 5.41) is 7.45. The molecule has 0 amide bonds. The first-order valence-corrected chi connectivity index (χ1v) is 5.98. The quantitative estimate of drug-likeness (QED) is 0.433. The fourth-order valence-corrected chi connectivity index (χ4v) is 1.52. The summed E-state index contributed by atoms with van der Waals surface area (Å²) in [5.74, 6) is 0.251. The second kappa shape index (κ2) is 6.40. The van der Waals surface area contributed by atoms with E-state index in [4.69, 9.17) is 15.9 Å². The second-order valence-electron chi connectivity index (χ2n) is 4.94. The topological polar surface area (TPSA) is 59.1 Å². The van der Waals surface area contributed by atoms with Crippen LogP contribution < -0.4 is 5.73 Å². The highest BCUT2D eigenvalue weighted by Gasteiger charge is 2.20. The highest BCUT2D eigenvalue weighted by Crippen LogP contribution is 2.21. The minimum atomic E-state index is -0.212. The van der Waals surface area contributed by atoms with Crippen LogP contribution in [0.5, 0.6) is 0 Å². The van der Waals surface area contributed by atoms with E-state index in [2.05, 4.69) is 12.1 Å². The van der Waals surface area contributed by atoms with Crippen LogP contribution in [0, 0.1) is 10.8 Å². The van der Waals surface area contributed by atoms with Gasteiger partial charge in [0.1, 0.15) is 0 Å². The van der Waals surface area contributed by atoms with Gasteiger partial charge < -0.3 is 10.5 Å². The molecule has 0 heterocycles. The van der Waals surface area contributed by atoms with Crippen molar-refractivity contribution in [2.24, 2.45) is 11.1 Å². The van der Waals surface area contributed by atoms with Crippen molar-refractivity contribution in [3.05, 3.63) is 35.9 Å². The highest BCUT2D eigenvalue weighted by molar-refractivity contribution is 5.82. The van der Waals surface area contributed by atoms with Crippen molar-refractivity contribution < 1.29 is 4.74 Å². The molecule has 17 heavy (non-hydrogen) atoms. The predicted octanol–water partition coefficient (Wildman–Crippen LogP) is 2.95. The van der Waals surface area contributed by atoms with Gasteiger partial charge in [0.05, 0.1) is 12.4 Å². The normalized spacial score (nSPS) is 11.4. The molecule has 0 bridgehead atoms. The van der Waals surface area contributed by atoms with E-state index in [1.165, 1.54) is 5.56 Å². The first kappa shape index (κ1) is 13.7. The van der Waals surface area contributed by atoms with Crippen LogP contribution in [0.3, 0.4) is 0 Å². The Morgan fingerprint density at radius 1 is 1.29 bits per heavy atom. The monoisotopic (exact) mass is 234 g/mol. The van der Waals surface area contributed by atoms with Crippen LogP contribution in [-0.2, 0) is 11.3 Å². The summed E-state index contributed by atoms with van der Waals surface area (Å²) in [6.45, 7) is 5.35. The van der Waals surface area contributed by atoms with Crippen LogP contribution in [-0.4, -0.2) is 12.4 Å². The molecular formula is C14H22N2O. The number of hydrogen-bond acceptors (Lipinski definition) is 2. The SMILES string of the molecule is CC(C)(CCCOCc1ccccc1)C(=N)N. The molecule has 0 aliphatic rings. The molecule has 0 aromatic heterocycles. The van der Waals surface area contributed by atoms with Crippen LogP contribution in [0.15, 0.2) is 30.3 Å². The van der Waals surface area contributed by atoms with Gasteiger partial charge in [-0.3, -0.25) is 5.41 Å². The third kappa shape index (κ3) is 5.00. The van der Waals surface area contributed by atoms with Crippen LogP contribution in [0.2, 0.25) is 0 Å². The van der Waals surface area contributed by atoms with E-state index in [0.717, 1.165) is 12.8 Å². The Hall–Kier alpha value is -1.35. The van der Waals surface area contributed by atoms with Crippen molar-refractivity contribution >= 4 is 5.84 Å². The summed E-state index contributed by atoms with van der Waals surface area (Å²) >= 11 is 0. The summed E-state index contributed by atoms with van der Waals surface area (Å²) in [5.41, 5.74) is 6.50. The highest BCUT2D eigenvalue weighted by atomic mass is 16.5. The van der Waals surface area contributed by atoms with Crippen molar-refractivity contribution in [3.8, 4) is 0 Å². The lowest BCUT2D eigenvalue weighted by molar-refractivity contribution is 0.112. The zero-order valence-electron chi connectivity index (χ0n) is 10.7. The average molecular weight is 234 g/mol. The number of ether oxygens (including phenoxy) is 1. The molecule has 0 aliphatic heterocycles. The fraction of sp³-hybridized carbons (Fsp3) is 0.500. The number of amidine groups is 1. The van der Waals surface area contributed by atoms with Crippen molar-refractivity contribution in [1.82, 2.24) is 0 Å². The molecule has 3 N–H and O–H groups in total. The van der Waals surface area contributed by atoms with Crippen LogP contribution in [0.25, 0.3) is 0 Å². The molecule has 0 radical (unpaired) electrons. The molecule has 0 unspecified atom stereocenters. The van der Waals surface area contributed by atoms with Gasteiger partial charge in [0.2, 0.25) is 0 Å².